The summed E-state index contributed by atoms with van der Waals surface area (Å²) in [4.78, 5) is 2.04. The topological polar surface area (TPSA) is 41.9 Å². The molecule has 110 valence electrons. The predicted molar refractivity (Wildman–Crippen MR) is 77.2 cm³/mol. The highest BCUT2D eigenvalue weighted by atomic mass is 16.5. The maximum absolute atomic E-state index is 11.1. The molecule has 0 amide bonds. The zero-order valence-electron chi connectivity index (χ0n) is 12.3. The first-order chi connectivity index (χ1) is 9.59. The fourth-order valence-electron chi connectivity index (χ4n) is 2.93. The molecule has 3 rings (SSSR count). The van der Waals surface area contributed by atoms with Crippen molar-refractivity contribution in [3.8, 4) is 11.5 Å². The van der Waals surface area contributed by atoms with Crippen molar-refractivity contribution < 1.29 is 14.6 Å². The molecule has 1 N–H and O–H groups in total. The fraction of sp³-hybridized carbons (Fsp3) is 0.625. The third-order valence-electron chi connectivity index (χ3n) is 4.06. The molecule has 0 spiro atoms. The minimum absolute atomic E-state index is 0.356. The molecule has 0 saturated heterocycles. The van der Waals surface area contributed by atoms with Crippen molar-refractivity contribution in [2.75, 3.05) is 33.9 Å². The van der Waals surface area contributed by atoms with Crippen LogP contribution in [0.3, 0.4) is 0 Å². The summed E-state index contributed by atoms with van der Waals surface area (Å²) >= 11 is 0. The summed E-state index contributed by atoms with van der Waals surface area (Å²) in [6.07, 6.45) is 3.09. The van der Waals surface area contributed by atoms with E-state index in [0.29, 0.717) is 25.7 Å². The number of nitrogens with zero attached hydrogens (tertiary/aromatic N) is 1. The van der Waals surface area contributed by atoms with E-state index in [9.17, 15) is 5.11 Å². The Hall–Kier alpha value is -1.26. The Morgan fingerprint density at radius 2 is 1.90 bits per heavy atom. The van der Waals surface area contributed by atoms with E-state index in [-0.39, 0.29) is 0 Å². The second-order valence-electron chi connectivity index (χ2n) is 6.15. The van der Waals surface area contributed by atoms with Crippen molar-refractivity contribution in [1.29, 1.82) is 0 Å². The van der Waals surface area contributed by atoms with E-state index in [1.165, 1.54) is 0 Å². The standard InChI is InChI=1S/C16H23NO3/c1-17(2)11-16(18,12-4-5-12)13-6-7-14-15(10-13)20-9-3-8-19-14/h6-7,10,12,18H,3-5,8-9,11H2,1-2H3. The van der Waals surface area contributed by atoms with Crippen molar-refractivity contribution in [2.24, 2.45) is 5.92 Å². The van der Waals surface area contributed by atoms with Crippen LogP contribution < -0.4 is 9.47 Å². The van der Waals surface area contributed by atoms with Gasteiger partial charge in [0, 0.05) is 13.0 Å². The molecule has 1 heterocycles. The van der Waals surface area contributed by atoms with Gasteiger partial charge in [-0.25, -0.2) is 0 Å². The quantitative estimate of drug-likeness (QED) is 0.914. The molecule has 1 atom stereocenters. The maximum Gasteiger partial charge on any atom is 0.161 e. The Balaban J connectivity index is 1.93. The lowest BCUT2D eigenvalue weighted by molar-refractivity contribution is -0.0102. The molecule has 1 aromatic rings. The van der Waals surface area contributed by atoms with Crippen LogP contribution in [-0.4, -0.2) is 43.9 Å². The number of rotatable bonds is 4. The van der Waals surface area contributed by atoms with E-state index < -0.39 is 5.60 Å². The van der Waals surface area contributed by atoms with Gasteiger partial charge in [0.15, 0.2) is 11.5 Å². The Morgan fingerprint density at radius 1 is 1.20 bits per heavy atom. The molecule has 0 radical (unpaired) electrons. The summed E-state index contributed by atoms with van der Waals surface area (Å²) in [6, 6.07) is 5.87. The molecule has 4 heteroatoms. The lowest BCUT2D eigenvalue weighted by Gasteiger charge is -2.32. The van der Waals surface area contributed by atoms with Gasteiger partial charge in [-0.05, 0) is 50.6 Å². The van der Waals surface area contributed by atoms with Crippen molar-refractivity contribution in [3.63, 3.8) is 0 Å². The molecule has 1 aliphatic carbocycles. The lowest BCUT2D eigenvalue weighted by atomic mass is 9.88. The predicted octanol–water partition coefficient (Wildman–Crippen LogP) is 2.01. The van der Waals surface area contributed by atoms with Gasteiger partial charge in [-0.3, -0.25) is 0 Å². The van der Waals surface area contributed by atoms with E-state index in [1.54, 1.807) is 0 Å². The van der Waals surface area contributed by atoms with Crippen molar-refractivity contribution >= 4 is 0 Å². The second-order valence-corrected chi connectivity index (χ2v) is 6.15. The smallest absolute Gasteiger partial charge is 0.161 e. The number of fused-ring (bicyclic) bond motifs is 1. The van der Waals surface area contributed by atoms with Crippen molar-refractivity contribution in [3.05, 3.63) is 23.8 Å². The normalized spacial score (nSPS) is 21.4. The van der Waals surface area contributed by atoms with Crippen LogP contribution in [0.15, 0.2) is 18.2 Å². The molecule has 0 bridgehead atoms. The maximum atomic E-state index is 11.1. The third-order valence-corrected chi connectivity index (χ3v) is 4.06. The van der Waals surface area contributed by atoms with Gasteiger partial charge in [0.1, 0.15) is 5.60 Å². The number of benzene rings is 1. The fourth-order valence-corrected chi connectivity index (χ4v) is 2.93. The number of hydrogen-bond acceptors (Lipinski definition) is 4. The molecular formula is C16H23NO3. The van der Waals surface area contributed by atoms with Gasteiger partial charge >= 0.3 is 0 Å². The van der Waals surface area contributed by atoms with Crippen LogP contribution in [0.1, 0.15) is 24.8 Å². The van der Waals surface area contributed by atoms with Gasteiger partial charge in [-0.1, -0.05) is 6.07 Å². The van der Waals surface area contributed by atoms with Gasteiger partial charge in [0.05, 0.1) is 13.2 Å². The minimum Gasteiger partial charge on any atom is -0.490 e. The Labute approximate surface area is 120 Å². The Bertz CT molecular complexity index is 485. The van der Waals surface area contributed by atoms with Gasteiger partial charge in [-0.2, -0.15) is 0 Å². The van der Waals surface area contributed by atoms with Crippen LogP contribution in [0, 0.1) is 5.92 Å². The van der Waals surface area contributed by atoms with Crippen LogP contribution in [0.4, 0.5) is 0 Å². The average Bonchev–Trinajstić information content (AvgIpc) is 3.24. The highest BCUT2D eigenvalue weighted by Gasteiger charge is 2.45. The lowest BCUT2D eigenvalue weighted by Crippen LogP contribution is -2.39. The van der Waals surface area contributed by atoms with E-state index in [4.69, 9.17) is 9.47 Å². The van der Waals surface area contributed by atoms with Crippen molar-refractivity contribution in [1.82, 2.24) is 4.90 Å². The first kappa shape index (κ1) is 13.7. The molecule has 20 heavy (non-hydrogen) atoms. The van der Waals surface area contributed by atoms with E-state index in [0.717, 1.165) is 36.3 Å². The molecule has 0 aromatic heterocycles. The molecule has 2 aliphatic rings. The average molecular weight is 277 g/mol. The number of hydrogen-bond donors (Lipinski definition) is 1. The zero-order chi connectivity index (χ0) is 14.2. The first-order valence-corrected chi connectivity index (χ1v) is 7.37. The highest BCUT2D eigenvalue weighted by Crippen LogP contribution is 2.47. The SMILES string of the molecule is CN(C)CC(O)(c1ccc2c(c1)OCCCO2)C1CC1. The van der Waals surface area contributed by atoms with Crippen LogP contribution in [0.2, 0.25) is 0 Å². The van der Waals surface area contributed by atoms with E-state index >= 15 is 0 Å². The minimum atomic E-state index is -0.784. The van der Waals surface area contributed by atoms with Crippen LogP contribution in [-0.2, 0) is 5.60 Å². The molecule has 1 aromatic carbocycles. The second kappa shape index (κ2) is 5.26. The summed E-state index contributed by atoms with van der Waals surface area (Å²) < 4.78 is 11.4. The summed E-state index contributed by atoms with van der Waals surface area (Å²) in [7, 11) is 3.99. The largest absolute Gasteiger partial charge is 0.490 e. The van der Waals surface area contributed by atoms with Crippen LogP contribution in [0.5, 0.6) is 11.5 Å². The molecule has 1 fully saturated rings. The molecule has 1 aliphatic heterocycles. The number of likely N-dealkylation sites (N-methyl/N-ethyl adjacent to an activating group) is 1. The summed E-state index contributed by atoms with van der Waals surface area (Å²) in [5, 5.41) is 11.1. The Kier molecular flexibility index (Phi) is 3.61. The number of ether oxygens (including phenoxy) is 2. The zero-order valence-corrected chi connectivity index (χ0v) is 12.3. The first-order valence-electron chi connectivity index (χ1n) is 7.37. The monoisotopic (exact) mass is 277 g/mol. The highest BCUT2D eigenvalue weighted by molar-refractivity contribution is 5.45. The van der Waals surface area contributed by atoms with E-state index in [1.807, 2.05) is 37.2 Å². The van der Waals surface area contributed by atoms with Gasteiger partial charge in [0.2, 0.25) is 0 Å². The molecular weight excluding hydrogens is 254 g/mol. The number of aliphatic hydroxyl groups is 1. The van der Waals surface area contributed by atoms with Crippen LogP contribution in [0.25, 0.3) is 0 Å². The summed E-state index contributed by atoms with van der Waals surface area (Å²) in [6.45, 7) is 2.00. The van der Waals surface area contributed by atoms with Crippen LogP contribution >= 0.6 is 0 Å². The third kappa shape index (κ3) is 2.63. The van der Waals surface area contributed by atoms with Gasteiger partial charge < -0.3 is 19.5 Å². The molecule has 1 saturated carbocycles. The summed E-state index contributed by atoms with van der Waals surface area (Å²) in [5.74, 6) is 1.90. The molecule has 1 unspecified atom stereocenters. The van der Waals surface area contributed by atoms with E-state index in [2.05, 4.69) is 0 Å². The van der Waals surface area contributed by atoms with Crippen molar-refractivity contribution in [2.45, 2.75) is 24.9 Å². The van der Waals surface area contributed by atoms with Gasteiger partial charge in [-0.15, -0.1) is 0 Å². The molecule has 4 nitrogen and oxygen atoms in total. The summed E-state index contributed by atoms with van der Waals surface area (Å²) in [5.41, 5.74) is 0.159. The van der Waals surface area contributed by atoms with Gasteiger partial charge in [0.25, 0.3) is 0 Å². The Morgan fingerprint density at radius 3 is 2.55 bits per heavy atom.